The van der Waals surface area contributed by atoms with Gasteiger partial charge in [-0.3, -0.25) is 9.78 Å². The van der Waals surface area contributed by atoms with Gasteiger partial charge in [-0.15, -0.1) is 0 Å². The number of nitrogens with zero attached hydrogens (tertiary/aromatic N) is 1. The van der Waals surface area contributed by atoms with Crippen molar-refractivity contribution < 1.29 is 59.2 Å². The van der Waals surface area contributed by atoms with Crippen LogP contribution in [-0.2, 0) is 25.7 Å². The number of carboxylic acids is 2. The summed E-state index contributed by atoms with van der Waals surface area (Å²) in [6, 6.07) is 5.61. The molecule has 1 aliphatic rings. The van der Waals surface area contributed by atoms with Crippen molar-refractivity contribution in [3.8, 4) is 11.1 Å². The molecule has 1 unspecified atom stereocenters. The molecule has 0 radical (unpaired) electrons. The lowest BCUT2D eigenvalue weighted by Crippen LogP contribution is -2.60. The lowest BCUT2D eigenvalue weighted by atomic mass is 9.87. The second-order valence-corrected chi connectivity index (χ2v) is 11.4. The van der Waals surface area contributed by atoms with Gasteiger partial charge < -0.3 is 45.2 Å². The molecule has 1 saturated heterocycles. The summed E-state index contributed by atoms with van der Waals surface area (Å²) in [6.07, 6.45) is -9.37. The van der Waals surface area contributed by atoms with Crippen LogP contribution in [-0.4, -0.2) is 95.6 Å². The monoisotopic (exact) mass is 621 g/mol. The molecule has 0 aliphatic carbocycles. The zero-order chi connectivity index (χ0) is 32.9. The molecule has 0 spiro atoms. The van der Waals surface area contributed by atoms with E-state index >= 15 is 0 Å². The second kappa shape index (κ2) is 15.1. The number of aliphatic hydroxyl groups excluding tert-OH is 5. The molecular formula is C31H40FNO11. The molecule has 1 aliphatic heterocycles. The number of pyridine rings is 1. The molecule has 7 N–H and O–H groups in total. The Kier molecular flexibility index (Phi) is 12.1. The molecule has 1 aromatic carbocycles. The molecule has 3 rings (SSSR count). The van der Waals surface area contributed by atoms with E-state index in [2.05, 4.69) is 0 Å². The number of carboxylic acid groups (broad SMARTS) is 2. The first-order chi connectivity index (χ1) is 20.6. The maximum atomic E-state index is 14.0. The normalized spacial score (nSPS) is 23.8. The highest BCUT2D eigenvalue weighted by atomic mass is 19.1. The molecule has 2 heterocycles. The number of rotatable bonds is 13. The Morgan fingerprint density at radius 1 is 0.977 bits per heavy atom. The van der Waals surface area contributed by atoms with Crippen LogP contribution in [0, 0.1) is 5.82 Å². The van der Waals surface area contributed by atoms with E-state index in [1.807, 2.05) is 27.7 Å². The van der Waals surface area contributed by atoms with E-state index in [0.29, 0.717) is 33.6 Å². The van der Waals surface area contributed by atoms with Crippen molar-refractivity contribution in [2.45, 2.75) is 102 Å². The average Bonchev–Trinajstić information content (AvgIpc) is 2.93. The zero-order valence-corrected chi connectivity index (χ0v) is 24.9. The van der Waals surface area contributed by atoms with Gasteiger partial charge in [0.25, 0.3) is 0 Å². The number of aliphatic carboxylic acids is 2. The quantitative estimate of drug-likeness (QED) is 0.172. The minimum Gasteiger partial charge on any atom is -0.481 e. The summed E-state index contributed by atoms with van der Waals surface area (Å²) in [4.78, 5) is 27.4. The van der Waals surface area contributed by atoms with Crippen molar-refractivity contribution in [1.82, 2.24) is 4.98 Å². The fourth-order valence-corrected chi connectivity index (χ4v) is 5.06. The number of hydrogen-bond acceptors (Lipinski definition) is 10. The number of aromatic nitrogens is 1. The van der Waals surface area contributed by atoms with Gasteiger partial charge in [-0.05, 0) is 35.1 Å². The van der Waals surface area contributed by atoms with Gasteiger partial charge >= 0.3 is 11.9 Å². The molecule has 0 bridgehead atoms. The third-order valence-corrected chi connectivity index (χ3v) is 7.24. The largest absolute Gasteiger partial charge is 0.481 e. The topological polar surface area (TPSA) is 207 Å². The Balaban J connectivity index is 2.16. The van der Waals surface area contributed by atoms with Crippen molar-refractivity contribution >= 4 is 18.0 Å². The Labute approximate surface area is 254 Å². The lowest BCUT2D eigenvalue weighted by Gasteiger charge is -2.38. The van der Waals surface area contributed by atoms with Gasteiger partial charge in [-0.1, -0.05) is 52.0 Å². The Hall–Kier alpha value is -3.30. The van der Waals surface area contributed by atoms with Crippen molar-refractivity contribution in [3.63, 3.8) is 0 Å². The minimum absolute atomic E-state index is 0.146. The number of benzene rings is 1. The van der Waals surface area contributed by atoms with Crippen molar-refractivity contribution in [2.24, 2.45) is 0 Å². The highest BCUT2D eigenvalue weighted by molar-refractivity contribution is 5.80. The van der Waals surface area contributed by atoms with Gasteiger partial charge in [0.05, 0.1) is 30.9 Å². The minimum atomic E-state index is -1.90. The van der Waals surface area contributed by atoms with Crippen molar-refractivity contribution in [1.29, 1.82) is 0 Å². The molecule has 2 aromatic rings. The second-order valence-electron chi connectivity index (χ2n) is 11.4. The van der Waals surface area contributed by atoms with Gasteiger partial charge in [-0.25, -0.2) is 9.18 Å². The molecule has 242 valence electrons. The van der Waals surface area contributed by atoms with E-state index in [9.17, 15) is 44.6 Å². The summed E-state index contributed by atoms with van der Waals surface area (Å²) in [7, 11) is 0. The third kappa shape index (κ3) is 8.45. The summed E-state index contributed by atoms with van der Waals surface area (Å²) >= 11 is 0. The number of ether oxygens (including phenoxy) is 2. The molecule has 1 fully saturated rings. The highest BCUT2D eigenvalue weighted by Crippen LogP contribution is 2.38. The first-order valence-electron chi connectivity index (χ1n) is 14.2. The fourth-order valence-electron chi connectivity index (χ4n) is 5.06. The van der Waals surface area contributed by atoms with Gasteiger partial charge in [0.1, 0.15) is 24.1 Å². The van der Waals surface area contributed by atoms with Crippen LogP contribution in [0.15, 0.2) is 30.3 Å². The van der Waals surface area contributed by atoms with E-state index < -0.39 is 67.1 Å². The maximum Gasteiger partial charge on any atom is 0.335 e. The van der Waals surface area contributed by atoms with E-state index in [-0.39, 0.29) is 24.9 Å². The van der Waals surface area contributed by atoms with Crippen LogP contribution < -0.4 is 0 Å². The summed E-state index contributed by atoms with van der Waals surface area (Å²) in [5.41, 5.74) is 3.25. The van der Waals surface area contributed by atoms with Crippen LogP contribution in [0.4, 0.5) is 4.39 Å². The first kappa shape index (κ1) is 35.2. The van der Waals surface area contributed by atoms with Crippen LogP contribution in [0.25, 0.3) is 17.2 Å². The molecule has 12 nitrogen and oxygen atoms in total. The number of halogens is 1. The predicted molar refractivity (Wildman–Crippen MR) is 155 cm³/mol. The van der Waals surface area contributed by atoms with Crippen molar-refractivity contribution in [2.75, 3.05) is 0 Å². The lowest BCUT2D eigenvalue weighted by molar-refractivity contribution is -0.297. The van der Waals surface area contributed by atoms with Crippen LogP contribution in [0.5, 0.6) is 0 Å². The van der Waals surface area contributed by atoms with Crippen LogP contribution in [0.3, 0.4) is 0 Å². The van der Waals surface area contributed by atoms with E-state index in [4.69, 9.17) is 19.6 Å². The van der Waals surface area contributed by atoms with Crippen LogP contribution in [0.1, 0.15) is 74.9 Å². The van der Waals surface area contributed by atoms with Gasteiger partial charge in [0.15, 0.2) is 12.4 Å². The van der Waals surface area contributed by atoms with Gasteiger partial charge in [0, 0.05) is 23.2 Å². The molecule has 44 heavy (non-hydrogen) atoms. The van der Waals surface area contributed by atoms with E-state index in [0.717, 1.165) is 0 Å². The average molecular weight is 622 g/mol. The smallest absolute Gasteiger partial charge is 0.335 e. The van der Waals surface area contributed by atoms with Crippen molar-refractivity contribution in [3.05, 3.63) is 58.7 Å². The van der Waals surface area contributed by atoms with Crippen LogP contribution in [0.2, 0.25) is 0 Å². The Morgan fingerprint density at radius 2 is 1.59 bits per heavy atom. The maximum absolute atomic E-state index is 14.0. The van der Waals surface area contributed by atoms with Gasteiger partial charge in [0.2, 0.25) is 0 Å². The number of carbonyl (C=O) groups is 2. The molecule has 7 atom stereocenters. The zero-order valence-electron chi connectivity index (χ0n) is 24.9. The molecule has 1 aromatic heterocycles. The molecule has 13 heteroatoms. The Bertz CT molecular complexity index is 1330. The molecular weight excluding hydrogens is 581 g/mol. The summed E-state index contributed by atoms with van der Waals surface area (Å²) < 4.78 is 25.1. The first-order valence-corrected chi connectivity index (χ1v) is 14.2. The van der Waals surface area contributed by atoms with Gasteiger partial charge in [-0.2, -0.15) is 0 Å². The number of aliphatic hydroxyl groups is 5. The predicted octanol–water partition coefficient (Wildman–Crippen LogP) is 2.14. The summed E-state index contributed by atoms with van der Waals surface area (Å²) in [6.45, 7) is 7.28. The van der Waals surface area contributed by atoms with E-state index in [1.165, 1.54) is 18.2 Å². The standard InChI is InChI=1S/C31H40FNO11/c1-14(2)24-20(10-9-18(34)11-19(35)12-22(36)37)23(16-5-7-17(32)8-6-16)21(25(33-24)15(3)4)13-43-31-28(40)26(38)27(39)29(44-31)30(41)42/h5-10,14-15,18-19,26-29,31,34-35,38-40H,11-13H2,1-4H3,(H,36,37)(H,41,42)/t18-,19-,26+,27+,28+,29?,31-/m1/s1. The third-order valence-electron chi connectivity index (χ3n) is 7.24. The molecule has 0 saturated carbocycles. The Morgan fingerprint density at radius 3 is 2.14 bits per heavy atom. The molecule has 0 amide bonds. The SMILES string of the molecule is CC(C)c1nc(C(C)C)c(CO[C@@H]2OC(C(=O)O)[C@@H](O)[C@H](O)[C@@H]2O)c(-c2ccc(F)cc2)c1C=C[C@@H](O)C[C@@H](O)CC(=O)O. The summed E-state index contributed by atoms with van der Waals surface area (Å²) in [5.74, 6) is -3.59. The van der Waals surface area contributed by atoms with Crippen LogP contribution >= 0.6 is 0 Å². The summed E-state index contributed by atoms with van der Waals surface area (Å²) in [5, 5.41) is 69.7. The number of hydrogen-bond donors (Lipinski definition) is 7. The van der Waals surface area contributed by atoms with E-state index in [1.54, 1.807) is 18.2 Å². The highest BCUT2D eigenvalue weighted by Gasteiger charge is 2.47. The fraction of sp³-hybridized carbons (Fsp3) is 0.516.